The average molecular weight is 240 g/mol. The van der Waals surface area contributed by atoms with Gasteiger partial charge in [0.25, 0.3) is 0 Å². The van der Waals surface area contributed by atoms with Gasteiger partial charge in [-0.05, 0) is 36.7 Å². The molecule has 0 aromatic heterocycles. The summed E-state index contributed by atoms with van der Waals surface area (Å²) in [7, 11) is 0. The summed E-state index contributed by atoms with van der Waals surface area (Å²) in [5, 5.41) is 0. The van der Waals surface area contributed by atoms with Crippen molar-refractivity contribution in [2.75, 3.05) is 6.61 Å². The molecule has 1 heterocycles. The highest BCUT2D eigenvalue weighted by molar-refractivity contribution is 4.89. The summed E-state index contributed by atoms with van der Waals surface area (Å²) < 4.78 is 6.04. The molecule has 17 heavy (non-hydrogen) atoms. The second-order valence-electron chi connectivity index (χ2n) is 5.68. The predicted molar refractivity (Wildman–Crippen MR) is 66.2 cm³/mol. The monoisotopic (exact) mass is 240 g/mol. The van der Waals surface area contributed by atoms with E-state index in [1.807, 2.05) is 12.2 Å². The van der Waals surface area contributed by atoms with E-state index < -0.39 is 0 Å². The Hall–Kier alpha value is -0.380. The van der Waals surface area contributed by atoms with Crippen LogP contribution in [-0.4, -0.2) is 19.0 Å². The lowest BCUT2D eigenvalue weighted by molar-refractivity contribution is -0.375. The molecule has 3 nitrogen and oxygen atoms in total. The molecule has 0 N–H and O–H groups in total. The second kappa shape index (κ2) is 5.98. The van der Waals surface area contributed by atoms with Crippen LogP contribution in [0.4, 0.5) is 0 Å². The molecule has 2 aliphatic rings. The van der Waals surface area contributed by atoms with Gasteiger partial charge in [0.1, 0.15) is 6.61 Å². The van der Waals surface area contributed by atoms with Gasteiger partial charge in [-0.2, -0.15) is 4.89 Å². The lowest BCUT2D eigenvalue weighted by Crippen LogP contribution is -2.37. The molecule has 1 fully saturated rings. The van der Waals surface area contributed by atoms with Gasteiger partial charge in [0, 0.05) is 0 Å². The Morgan fingerprint density at radius 1 is 1.29 bits per heavy atom. The third-order valence-electron chi connectivity index (χ3n) is 3.89. The van der Waals surface area contributed by atoms with Gasteiger partial charge < -0.3 is 4.74 Å². The van der Waals surface area contributed by atoms with Gasteiger partial charge in [-0.25, -0.2) is 4.89 Å². The SMILES string of the molecule is CC(C)[C@@H]1CC[C@@H](C)C[C@H]1OC1C=CCOO1. The third-order valence-corrected chi connectivity index (χ3v) is 3.89. The average Bonchev–Trinajstić information content (AvgIpc) is 2.30. The highest BCUT2D eigenvalue weighted by Gasteiger charge is 2.33. The Kier molecular flexibility index (Phi) is 4.60. The van der Waals surface area contributed by atoms with Crippen LogP contribution in [0.5, 0.6) is 0 Å². The van der Waals surface area contributed by atoms with Crippen molar-refractivity contribution in [1.29, 1.82) is 0 Å². The maximum Gasteiger partial charge on any atom is 0.210 e. The number of rotatable bonds is 3. The second-order valence-corrected chi connectivity index (χ2v) is 5.68. The molecule has 1 unspecified atom stereocenters. The highest BCUT2D eigenvalue weighted by Crippen LogP contribution is 2.36. The van der Waals surface area contributed by atoms with Crippen molar-refractivity contribution in [1.82, 2.24) is 0 Å². The summed E-state index contributed by atoms with van der Waals surface area (Å²) in [5.74, 6) is 2.06. The molecule has 1 aliphatic heterocycles. The minimum Gasteiger partial charge on any atom is -0.343 e. The largest absolute Gasteiger partial charge is 0.343 e. The molecule has 4 atom stereocenters. The van der Waals surface area contributed by atoms with E-state index in [0.717, 1.165) is 12.3 Å². The van der Waals surface area contributed by atoms with Crippen molar-refractivity contribution < 1.29 is 14.5 Å². The van der Waals surface area contributed by atoms with Crippen molar-refractivity contribution >= 4 is 0 Å². The summed E-state index contributed by atoms with van der Waals surface area (Å²) >= 11 is 0. The Morgan fingerprint density at radius 2 is 2.12 bits per heavy atom. The topological polar surface area (TPSA) is 27.7 Å². The van der Waals surface area contributed by atoms with Crippen LogP contribution in [0.1, 0.15) is 40.0 Å². The highest BCUT2D eigenvalue weighted by atomic mass is 17.2. The van der Waals surface area contributed by atoms with Crippen LogP contribution in [0.25, 0.3) is 0 Å². The van der Waals surface area contributed by atoms with Gasteiger partial charge in [0.15, 0.2) is 0 Å². The first-order chi connectivity index (χ1) is 8.16. The summed E-state index contributed by atoms with van der Waals surface area (Å²) in [4.78, 5) is 10.1. The van der Waals surface area contributed by atoms with Crippen LogP contribution in [0.2, 0.25) is 0 Å². The molecule has 0 bridgehead atoms. The van der Waals surface area contributed by atoms with Gasteiger partial charge in [-0.1, -0.05) is 33.3 Å². The summed E-state index contributed by atoms with van der Waals surface area (Å²) in [5.41, 5.74) is 0. The fourth-order valence-electron chi connectivity index (χ4n) is 2.86. The van der Waals surface area contributed by atoms with E-state index in [2.05, 4.69) is 20.8 Å². The van der Waals surface area contributed by atoms with Crippen molar-refractivity contribution in [3.8, 4) is 0 Å². The summed E-state index contributed by atoms with van der Waals surface area (Å²) in [6, 6.07) is 0. The van der Waals surface area contributed by atoms with E-state index in [-0.39, 0.29) is 6.29 Å². The standard InChI is InChI=1S/C14H24O3/c1-10(2)12-7-6-11(3)9-13(12)16-14-5-4-8-15-17-14/h4-5,10-14H,6-9H2,1-3H3/t11-,12+,13-,14?/m1/s1. The zero-order chi connectivity index (χ0) is 12.3. The zero-order valence-electron chi connectivity index (χ0n) is 11.1. The molecule has 1 aliphatic carbocycles. The summed E-state index contributed by atoms with van der Waals surface area (Å²) in [6.07, 6.45) is 7.60. The Labute approximate surface area is 104 Å². The zero-order valence-corrected chi connectivity index (χ0v) is 11.1. The lowest BCUT2D eigenvalue weighted by atomic mass is 9.75. The van der Waals surface area contributed by atoms with E-state index in [1.165, 1.54) is 12.8 Å². The first kappa shape index (κ1) is 13.1. The van der Waals surface area contributed by atoms with Crippen molar-refractivity contribution in [3.63, 3.8) is 0 Å². The molecule has 0 amide bonds. The molecule has 3 heteroatoms. The van der Waals surface area contributed by atoms with E-state index in [0.29, 0.717) is 24.5 Å². The quantitative estimate of drug-likeness (QED) is 0.559. The molecular weight excluding hydrogens is 216 g/mol. The minimum absolute atomic E-state index is 0.301. The first-order valence-corrected chi connectivity index (χ1v) is 6.77. The Morgan fingerprint density at radius 3 is 2.76 bits per heavy atom. The third kappa shape index (κ3) is 3.54. The normalized spacial score (nSPS) is 38.6. The number of hydrogen-bond acceptors (Lipinski definition) is 3. The molecule has 98 valence electrons. The maximum absolute atomic E-state index is 6.04. The molecule has 0 aromatic carbocycles. The summed E-state index contributed by atoms with van der Waals surface area (Å²) in [6.45, 7) is 7.39. The number of ether oxygens (including phenoxy) is 1. The van der Waals surface area contributed by atoms with Crippen molar-refractivity contribution in [3.05, 3.63) is 12.2 Å². The van der Waals surface area contributed by atoms with Gasteiger partial charge in [0.05, 0.1) is 6.10 Å². The predicted octanol–water partition coefficient (Wildman–Crippen LogP) is 3.31. The maximum atomic E-state index is 6.04. The molecule has 0 spiro atoms. The number of hydrogen-bond donors (Lipinski definition) is 0. The van der Waals surface area contributed by atoms with Crippen LogP contribution in [0, 0.1) is 17.8 Å². The van der Waals surface area contributed by atoms with Gasteiger partial charge in [0.2, 0.25) is 6.29 Å². The Balaban J connectivity index is 1.94. The molecular formula is C14H24O3. The van der Waals surface area contributed by atoms with Crippen molar-refractivity contribution in [2.24, 2.45) is 17.8 Å². The first-order valence-electron chi connectivity index (χ1n) is 6.77. The van der Waals surface area contributed by atoms with E-state index in [4.69, 9.17) is 14.5 Å². The fraction of sp³-hybridized carbons (Fsp3) is 0.857. The van der Waals surface area contributed by atoms with Gasteiger partial charge >= 0.3 is 0 Å². The molecule has 0 radical (unpaired) electrons. The molecule has 0 aromatic rings. The fourth-order valence-corrected chi connectivity index (χ4v) is 2.86. The lowest BCUT2D eigenvalue weighted by Gasteiger charge is -2.38. The Bertz CT molecular complexity index is 262. The van der Waals surface area contributed by atoms with Crippen LogP contribution in [0.3, 0.4) is 0 Å². The molecule has 0 saturated heterocycles. The smallest absolute Gasteiger partial charge is 0.210 e. The van der Waals surface area contributed by atoms with Crippen LogP contribution < -0.4 is 0 Å². The van der Waals surface area contributed by atoms with E-state index >= 15 is 0 Å². The van der Waals surface area contributed by atoms with Crippen LogP contribution >= 0.6 is 0 Å². The molecule has 2 rings (SSSR count). The van der Waals surface area contributed by atoms with Crippen LogP contribution in [-0.2, 0) is 14.5 Å². The van der Waals surface area contributed by atoms with E-state index in [9.17, 15) is 0 Å². The van der Waals surface area contributed by atoms with Crippen LogP contribution in [0.15, 0.2) is 12.2 Å². The minimum atomic E-state index is -0.319. The molecule has 1 saturated carbocycles. The van der Waals surface area contributed by atoms with Gasteiger partial charge in [-0.3, -0.25) is 0 Å². The van der Waals surface area contributed by atoms with Gasteiger partial charge in [-0.15, -0.1) is 0 Å². The van der Waals surface area contributed by atoms with Crippen molar-refractivity contribution in [2.45, 2.75) is 52.4 Å². The van der Waals surface area contributed by atoms with E-state index in [1.54, 1.807) is 0 Å².